The number of aliphatic carboxylic acids is 1. The van der Waals surface area contributed by atoms with E-state index in [1.54, 1.807) is 0 Å². The van der Waals surface area contributed by atoms with Crippen molar-refractivity contribution in [3.63, 3.8) is 0 Å². The number of hydrogen-bond donors (Lipinski definition) is 2. The van der Waals surface area contributed by atoms with Crippen LogP contribution in [0.5, 0.6) is 0 Å². The Morgan fingerprint density at radius 1 is 1.02 bits per heavy atom. The van der Waals surface area contributed by atoms with Crippen LogP contribution < -0.4 is 0 Å². The Hall–Kier alpha value is -2.03. The molecule has 1 aromatic carbocycles. The van der Waals surface area contributed by atoms with Crippen molar-refractivity contribution in [1.29, 1.82) is 0 Å². The summed E-state index contributed by atoms with van der Waals surface area (Å²) in [5.41, 5.74) is 1.28. The van der Waals surface area contributed by atoms with Crippen molar-refractivity contribution in [2.45, 2.75) is 114 Å². The molecule has 222 valence electrons. The first-order chi connectivity index (χ1) is 19.6. The second kappa shape index (κ2) is 17.0. The molecule has 1 saturated carbocycles. The number of aliphatic hydroxyl groups is 1. The minimum atomic E-state index is -0.766. The molecule has 7 atom stereocenters. The van der Waals surface area contributed by atoms with Crippen molar-refractivity contribution >= 4 is 5.97 Å². The largest absolute Gasteiger partial charge is 0.481 e. The van der Waals surface area contributed by atoms with Gasteiger partial charge in [-0.05, 0) is 82.1 Å². The monoisotopic (exact) mass is 556 g/mol. The molecular formula is C33H48O7. The third-order valence-electron chi connectivity index (χ3n) is 8.27. The summed E-state index contributed by atoms with van der Waals surface area (Å²) in [6.07, 6.45) is 18.2. The quantitative estimate of drug-likeness (QED) is 0.196. The van der Waals surface area contributed by atoms with Gasteiger partial charge in [-0.15, -0.1) is 0 Å². The number of aliphatic hydroxyl groups excluding tert-OH is 1. The number of allylic oxidation sites excluding steroid dienone is 2. The van der Waals surface area contributed by atoms with Crippen LogP contribution >= 0.6 is 0 Å². The van der Waals surface area contributed by atoms with Gasteiger partial charge in [0.25, 0.3) is 0 Å². The molecule has 2 N–H and O–H groups in total. The van der Waals surface area contributed by atoms with Crippen molar-refractivity contribution in [3.05, 3.63) is 60.2 Å². The average molecular weight is 557 g/mol. The van der Waals surface area contributed by atoms with Gasteiger partial charge in [0.2, 0.25) is 0 Å². The van der Waals surface area contributed by atoms with E-state index in [0.717, 1.165) is 77.4 Å². The summed E-state index contributed by atoms with van der Waals surface area (Å²) in [5, 5.41) is 20.0. The molecule has 0 bridgehead atoms. The van der Waals surface area contributed by atoms with Crippen LogP contribution in [-0.4, -0.2) is 60.3 Å². The lowest BCUT2D eigenvalue weighted by Crippen LogP contribution is -2.31. The zero-order valence-corrected chi connectivity index (χ0v) is 23.8. The van der Waals surface area contributed by atoms with Gasteiger partial charge in [0.15, 0.2) is 12.6 Å². The number of carbonyl (C=O) groups is 1. The molecule has 2 heterocycles. The van der Waals surface area contributed by atoms with E-state index in [-0.39, 0.29) is 43.0 Å². The summed E-state index contributed by atoms with van der Waals surface area (Å²) < 4.78 is 24.7. The first kappa shape index (κ1) is 30.9. The molecule has 3 aliphatic rings. The van der Waals surface area contributed by atoms with E-state index < -0.39 is 12.1 Å². The highest BCUT2D eigenvalue weighted by atomic mass is 16.7. The number of benzene rings is 1. The fraction of sp³-hybridized carbons (Fsp3) is 0.667. The van der Waals surface area contributed by atoms with Crippen molar-refractivity contribution in [2.24, 2.45) is 11.8 Å². The number of hydrogen-bond acceptors (Lipinski definition) is 6. The van der Waals surface area contributed by atoms with Crippen LogP contribution in [-0.2, 0) is 30.2 Å². The fourth-order valence-electron chi connectivity index (χ4n) is 6.01. The number of ether oxygens (including phenoxy) is 4. The van der Waals surface area contributed by atoms with Crippen LogP contribution in [0.3, 0.4) is 0 Å². The number of aryl methyl sites for hydroxylation is 1. The van der Waals surface area contributed by atoms with Crippen molar-refractivity contribution in [1.82, 2.24) is 0 Å². The highest BCUT2D eigenvalue weighted by Gasteiger charge is 2.42. The average Bonchev–Trinajstić information content (AvgIpc) is 3.26. The molecule has 1 aromatic rings. The molecule has 3 fully saturated rings. The van der Waals surface area contributed by atoms with Crippen LogP contribution in [0.2, 0.25) is 0 Å². The Bertz CT molecular complexity index is 905. The van der Waals surface area contributed by atoms with Crippen LogP contribution in [0.1, 0.15) is 82.6 Å². The zero-order chi connectivity index (χ0) is 28.0. The second-order valence-electron chi connectivity index (χ2n) is 11.4. The summed E-state index contributed by atoms with van der Waals surface area (Å²) in [4.78, 5) is 10.8. The summed E-state index contributed by atoms with van der Waals surface area (Å²) in [6, 6.07) is 10.5. The third-order valence-corrected chi connectivity index (χ3v) is 8.27. The molecule has 40 heavy (non-hydrogen) atoms. The van der Waals surface area contributed by atoms with Crippen molar-refractivity contribution in [2.75, 3.05) is 13.2 Å². The Morgan fingerprint density at radius 3 is 2.48 bits per heavy atom. The van der Waals surface area contributed by atoms with Gasteiger partial charge in [-0.3, -0.25) is 4.79 Å². The Balaban J connectivity index is 1.44. The molecular weight excluding hydrogens is 508 g/mol. The van der Waals surface area contributed by atoms with Crippen LogP contribution in [0.4, 0.5) is 0 Å². The number of rotatable bonds is 15. The van der Waals surface area contributed by atoms with Gasteiger partial charge < -0.3 is 29.2 Å². The normalized spacial score (nSPS) is 30.2. The number of carboxylic acids is 1. The van der Waals surface area contributed by atoms with Gasteiger partial charge in [0.05, 0.1) is 18.3 Å². The molecule has 1 aliphatic carbocycles. The van der Waals surface area contributed by atoms with Crippen LogP contribution in [0.25, 0.3) is 0 Å². The molecule has 2 saturated heterocycles. The molecule has 7 nitrogen and oxygen atoms in total. The Labute approximate surface area is 239 Å². The second-order valence-corrected chi connectivity index (χ2v) is 11.4. The van der Waals surface area contributed by atoms with Gasteiger partial charge in [-0.25, -0.2) is 0 Å². The maximum Gasteiger partial charge on any atom is 0.303 e. The van der Waals surface area contributed by atoms with E-state index in [1.807, 2.05) is 12.1 Å². The highest BCUT2D eigenvalue weighted by molar-refractivity contribution is 5.66. The first-order valence-corrected chi connectivity index (χ1v) is 15.4. The summed E-state index contributed by atoms with van der Waals surface area (Å²) in [5.74, 6) is -0.724. The highest BCUT2D eigenvalue weighted by Crippen LogP contribution is 2.39. The van der Waals surface area contributed by atoms with Crippen molar-refractivity contribution < 1.29 is 34.0 Å². The van der Waals surface area contributed by atoms with E-state index in [0.29, 0.717) is 12.8 Å². The third kappa shape index (κ3) is 10.4. The molecule has 0 radical (unpaired) electrons. The lowest BCUT2D eigenvalue weighted by molar-refractivity contribution is -0.193. The fourth-order valence-corrected chi connectivity index (χ4v) is 6.01. The van der Waals surface area contributed by atoms with Crippen molar-refractivity contribution in [3.8, 4) is 0 Å². The zero-order valence-electron chi connectivity index (χ0n) is 23.8. The maximum atomic E-state index is 11.1. The van der Waals surface area contributed by atoms with Gasteiger partial charge >= 0.3 is 5.97 Å². The molecule has 2 aliphatic heterocycles. The SMILES string of the molecule is O=C(O)CCC/C=C\C[C@@H]1[C@@H](/C=C/C(CCc2ccccc2)OC2CCCCO2)[C@H](OC2CCCCO2)C[C@@H]1O. The molecule has 0 spiro atoms. The number of unbranched alkanes of at least 4 members (excludes halogenated alkanes) is 1. The van der Waals surface area contributed by atoms with Gasteiger partial charge in [0.1, 0.15) is 0 Å². The smallest absolute Gasteiger partial charge is 0.303 e. The summed E-state index contributed by atoms with van der Waals surface area (Å²) in [7, 11) is 0. The van der Waals surface area contributed by atoms with Gasteiger partial charge in [0, 0.05) is 32.0 Å². The number of carboxylic acid groups (broad SMARTS) is 1. The predicted octanol–water partition coefficient (Wildman–Crippen LogP) is 6.20. The molecule has 3 unspecified atom stereocenters. The summed E-state index contributed by atoms with van der Waals surface area (Å²) in [6.45, 7) is 1.46. The minimum Gasteiger partial charge on any atom is -0.481 e. The Kier molecular flexibility index (Phi) is 13.2. The minimum absolute atomic E-state index is 0.0151. The van der Waals surface area contributed by atoms with E-state index >= 15 is 0 Å². The van der Waals surface area contributed by atoms with E-state index in [2.05, 4.69) is 42.5 Å². The van der Waals surface area contributed by atoms with Gasteiger partial charge in [-0.2, -0.15) is 0 Å². The molecule has 7 heteroatoms. The lowest BCUT2D eigenvalue weighted by atomic mass is 9.89. The van der Waals surface area contributed by atoms with Crippen LogP contribution in [0, 0.1) is 11.8 Å². The van der Waals surface area contributed by atoms with Gasteiger partial charge in [-0.1, -0.05) is 54.6 Å². The maximum absolute atomic E-state index is 11.1. The van der Waals surface area contributed by atoms with E-state index in [4.69, 9.17) is 24.1 Å². The molecule has 0 amide bonds. The first-order valence-electron chi connectivity index (χ1n) is 15.4. The molecule has 0 aromatic heterocycles. The summed E-state index contributed by atoms with van der Waals surface area (Å²) >= 11 is 0. The standard InChI is InChI=1S/C33H48O7/c34-29-24-30(40-33-17-9-11-23-38-33)28(27(29)14-6-1-2-7-15-31(35)36)21-20-26(39-32-16-8-10-22-37-32)19-18-25-12-4-3-5-13-25/h1,3-6,12-13,20-21,26-30,32-34H,2,7-11,14-19,22-24H2,(H,35,36)/b6-1-,21-20+/t26?,27-,28-,29+,30-,32?,33?/m1/s1. The lowest BCUT2D eigenvalue weighted by Gasteiger charge is -2.30. The molecule has 4 rings (SSSR count). The van der Waals surface area contributed by atoms with Crippen LogP contribution in [0.15, 0.2) is 54.6 Å². The van der Waals surface area contributed by atoms with E-state index in [1.165, 1.54) is 5.56 Å². The predicted molar refractivity (Wildman–Crippen MR) is 154 cm³/mol. The van der Waals surface area contributed by atoms with E-state index in [9.17, 15) is 9.90 Å². The Morgan fingerprint density at radius 2 is 1.77 bits per heavy atom. The topological polar surface area (TPSA) is 94.5 Å².